The van der Waals surface area contributed by atoms with Crippen LogP contribution in [0.3, 0.4) is 0 Å². The summed E-state index contributed by atoms with van der Waals surface area (Å²) in [5, 5.41) is 3.07. The Morgan fingerprint density at radius 3 is 2.64 bits per heavy atom. The van der Waals surface area contributed by atoms with Crippen LogP contribution >= 0.6 is 0 Å². The summed E-state index contributed by atoms with van der Waals surface area (Å²) in [6.07, 6.45) is 2.65. The third kappa shape index (κ3) is 4.08. The molecule has 1 atom stereocenters. The van der Waals surface area contributed by atoms with E-state index in [1.807, 2.05) is 37.3 Å². The van der Waals surface area contributed by atoms with Gasteiger partial charge < -0.3 is 10.2 Å². The van der Waals surface area contributed by atoms with E-state index in [0.717, 1.165) is 30.5 Å². The van der Waals surface area contributed by atoms with Crippen LogP contribution in [0, 0.1) is 0 Å². The average molecular weight is 336 g/mol. The standard InChI is InChI=1S/C21H24N2O2/c1-15(8-9-17-6-4-3-5-7-17)22-21(25)19-10-11-20-18(14-19)12-13-23(20)16(2)24/h3-7,10-11,14-15H,8-9,12-13H2,1-2H3,(H,22,25). The van der Waals surface area contributed by atoms with Crippen molar-refractivity contribution in [3.8, 4) is 0 Å². The number of amides is 2. The van der Waals surface area contributed by atoms with Gasteiger partial charge in [-0.05, 0) is 55.5 Å². The molecule has 1 aliphatic heterocycles. The van der Waals surface area contributed by atoms with Crippen molar-refractivity contribution in [3.63, 3.8) is 0 Å². The smallest absolute Gasteiger partial charge is 0.251 e. The summed E-state index contributed by atoms with van der Waals surface area (Å²) >= 11 is 0. The Labute approximate surface area is 148 Å². The molecule has 2 amide bonds. The summed E-state index contributed by atoms with van der Waals surface area (Å²) in [6, 6.07) is 16.0. The van der Waals surface area contributed by atoms with Crippen molar-refractivity contribution in [1.29, 1.82) is 0 Å². The Morgan fingerprint density at radius 2 is 1.92 bits per heavy atom. The zero-order valence-corrected chi connectivity index (χ0v) is 14.8. The molecule has 0 radical (unpaired) electrons. The molecule has 0 aliphatic carbocycles. The maximum atomic E-state index is 12.5. The fraction of sp³-hybridized carbons (Fsp3) is 0.333. The number of hydrogen-bond donors (Lipinski definition) is 1. The van der Waals surface area contributed by atoms with E-state index in [0.29, 0.717) is 12.1 Å². The topological polar surface area (TPSA) is 49.4 Å². The van der Waals surface area contributed by atoms with Crippen molar-refractivity contribution in [2.45, 2.75) is 39.2 Å². The highest BCUT2D eigenvalue weighted by Gasteiger charge is 2.23. The fourth-order valence-corrected chi connectivity index (χ4v) is 3.28. The molecule has 0 saturated heterocycles. The van der Waals surface area contributed by atoms with Crippen LogP contribution in [0.5, 0.6) is 0 Å². The maximum absolute atomic E-state index is 12.5. The van der Waals surface area contributed by atoms with Crippen LogP contribution in [0.25, 0.3) is 0 Å². The first-order chi connectivity index (χ1) is 12.0. The van der Waals surface area contributed by atoms with Crippen LogP contribution in [0.15, 0.2) is 48.5 Å². The van der Waals surface area contributed by atoms with Gasteiger partial charge in [0, 0.05) is 30.8 Å². The number of fused-ring (bicyclic) bond motifs is 1. The van der Waals surface area contributed by atoms with Gasteiger partial charge in [-0.2, -0.15) is 0 Å². The van der Waals surface area contributed by atoms with Gasteiger partial charge in [-0.25, -0.2) is 0 Å². The molecule has 1 aliphatic rings. The van der Waals surface area contributed by atoms with Gasteiger partial charge in [-0.15, -0.1) is 0 Å². The van der Waals surface area contributed by atoms with E-state index >= 15 is 0 Å². The molecule has 4 heteroatoms. The first kappa shape index (κ1) is 17.2. The third-order valence-electron chi connectivity index (χ3n) is 4.70. The second-order valence-corrected chi connectivity index (χ2v) is 6.66. The summed E-state index contributed by atoms with van der Waals surface area (Å²) in [5.41, 5.74) is 3.95. The van der Waals surface area contributed by atoms with Crippen molar-refractivity contribution >= 4 is 17.5 Å². The zero-order chi connectivity index (χ0) is 17.8. The molecule has 1 unspecified atom stereocenters. The predicted molar refractivity (Wildman–Crippen MR) is 99.9 cm³/mol. The number of hydrogen-bond acceptors (Lipinski definition) is 2. The summed E-state index contributed by atoms with van der Waals surface area (Å²) < 4.78 is 0. The minimum absolute atomic E-state index is 0.0467. The second-order valence-electron chi connectivity index (χ2n) is 6.66. The number of anilines is 1. The summed E-state index contributed by atoms with van der Waals surface area (Å²) in [4.78, 5) is 25.9. The number of carbonyl (C=O) groups excluding carboxylic acids is 2. The van der Waals surface area contributed by atoms with E-state index in [1.54, 1.807) is 17.9 Å². The SMILES string of the molecule is CC(=O)N1CCc2cc(C(=O)NC(C)CCc3ccccc3)ccc21. The largest absolute Gasteiger partial charge is 0.350 e. The van der Waals surface area contributed by atoms with Gasteiger partial charge in [0.25, 0.3) is 5.91 Å². The Balaban J connectivity index is 1.59. The van der Waals surface area contributed by atoms with E-state index in [1.165, 1.54) is 5.56 Å². The number of carbonyl (C=O) groups is 2. The van der Waals surface area contributed by atoms with Gasteiger partial charge in [0.05, 0.1) is 0 Å². The molecular formula is C21H24N2O2. The molecule has 1 heterocycles. The Morgan fingerprint density at radius 1 is 1.16 bits per heavy atom. The zero-order valence-electron chi connectivity index (χ0n) is 14.8. The van der Waals surface area contributed by atoms with Gasteiger partial charge in [-0.3, -0.25) is 9.59 Å². The molecule has 1 N–H and O–H groups in total. The van der Waals surface area contributed by atoms with Gasteiger partial charge in [0.1, 0.15) is 0 Å². The number of benzene rings is 2. The quantitative estimate of drug-likeness (QED) is 0.910. The van der Waals surface area contributed by atoms with Crippen molar-refractivity contribution in [2.24, 2.45) is 0 Å². The number of nitrogens with zero attached hydrogens (tertiary/aromatic N) is 1. The van der Waals surface area contributed by atoms with Crippen molar-refractivity contribution in [2.75, 3.05) is 11.4 Å². The highest BCUT2D eigenvalue weighted by Crippen LogP contribution is 2.28. The van der Waals surface area contributed by atoms with Crippen molar-refractivity contribution in [1.82, 2.24) is 5.32 Å². The molecule has 3 rings (SSSR count). The molecule has 4 nitrogen and oxygen atoms in total. The molecule has 25 heavy (non-hydrogen) atoms. The minimum atomic E-state index is -0.0513. The van der Waals surface area contributed by atoms with E-state index in [9.17, 15) is 9.59 Å². The molecule has 0 spiro atoms. The second kappa shape index (κ2) is 7.51. The van der Waals surface area contributed by atoms with E-state index in [-0.39, 0.29) is 17.9 Å². The highest BCUT2D eigenvalue weighted by atomic mass is 16.2. The molecule has 0 aromatic heterocycles. The van der Waals surface area contributed by atoms with Gasteiger partial charge >= 0.3 is 0 Å². The van der Waals surface area contributed by atoms with Crippen LogP contribution in [-0.4, -0.2) is 24.4 Å². The molecule has 2 aromatic rings. The lowest BCUT2D eigenvalue weighted by atomic mass is 10.0. The van der Waals surface area contributed by atoms with E-state index in [2.05, 4.69) is 17.4 Å². The molecule has 0 fully saturated rings. The minimum Gasteiger partial charge on any atom is -0.350 e. The molecular weight excluding hydrogens is 312 g/mol. The van der Waals surface area contributed by atoms with Crippen LogP contribution in [-0.2, 0) is 17.6 Å². The Hall–Kier alpha value is -2.62. The Bertz CT molecular complexity index is 771. The maximum Gasteiger partial charge on any atom is 0.251 e. The summed E-state index contributed by atoms with van der Waals surface area (Å²) in [7, 11) is 0. The number of aryl methyl sites for hydroxylation is 1. The first-order valence-electron chi connectivity index (χ1n) is 8.80. The molecule has 0 saturated carbocycles. The van der Waals surface area contributed by atoms with Gasteiger partial charge in [-0.1, -0.05) is 30.3 Å². The lowest BCUT2D eigenvalue weighted by molar-refractivity contribution is -0.116. The number of rotatable bonds is 5. The molecule has 130 valence electrons. The van der Waals surface area contributed by atoms with Gasteiger partial charge in [0.15, 0.2) is 0 Å². The van der Waals surface area contributed by atoms with Crippen LogP contribution in [0.4, 0.5) is 5.69 Å². The van der Waals surface area contributed by atoms with Gasteiger partial charge in [0.2, 0.25) is 5.91 Å². The van der Waals surface area contributed by atoms with Crippen LogP contribution < -0.4 is 10.2 Å². The normalized spacial score (nSPS) is 14.1. The van der Waals surface area contributed by atoms with E-state index in [4.69, 9.17) is 0 Å². The predicted octanol–water partition coefficient (Wildman–Crippen LogP) is 3.35. The number of nitrogens with one attached hydrogen (secondary N) is 1. The van der Waals surface area contributed by atoms with Crippen LogP contribution in [0.2, 0.25) is 0 Å². The molecule has 2 aromatic carbocycles. The fourth-order valence-electron chi connectivity index (χ4n) is 3.28. The third-order valence-corrected chi connectivity index (χ3v) is 4.70. The van der Waals surface area contributed by atoms with Crippen molar-refractivity contribution in [3.05, 3.63) is 65.2 Å². The van der Waals surface area contributed by atoms with Crippen molar-refractivity contribution < 1.29 is 9.59 Å². The average Bonchev–Trinajstić information content (AvgIpc) is 3.04. The lowest BCUT2D eigenvalue weighted by Gasteiger charge is -2.16. The van der Waals surface area contributed by atoms with Crippen LogP contribution in [0.1, 0.15) is 41.8 Å². The molecule has 0 bridgehead atoms. The summed E-state index contributed by atoms with van der Waals surface area (Å²) in [5.74, 6) is -0.00452. The lowest BCUT2D eigenvalue weighted by Crippen LogP contribution is -2.33. The monoisotopic (exact) mass is 336 g/mol. The first-order valence-corrected chi connectivity index (χ1v) is 8.80. The summed E-state index contributed by atoms with van der Waals surface area (Å²) in [6.45, 7) is 4.30. The van der Waals surface area contributed by atoms with E-state index < -0.39 is 0 Å². The highest BCUT2D eigenvalue weighted by molar-refractivity contribution is 5.97. The Kier molecular flexibility index (Phi) is 5.17.